The summed E-state index contributed by atoms with van der Waals surface area (Å²) >= 11 is 0. The predicted molar refractivity (Wildman–Crippen MR) is 61.5 cm³/mol. The molecular weight excluding hydrogens is 202 g/mol. The zero-order valence-electron chi connectivity index (χ0n) is 8.98. The normalized spacial score (nSPS) is 9.19. The maximum absolute atomic E-state index is 11.6. The topological polar surface area (TPSA) is 42.9 Å². The Balaban J connectivity index is 2.41. The van der Waals surface area contributed by atoms with Crippen molar-refractivity contribution in [2.24, 2.45) is 0 Å². The number of esters is 1. The Morgan fingerprint density at radius 3 is 2.75 bits per heavy atom. The van der Waals surface area contributed by atoms with Crippen LogP contribution in [0.2, 0.25) is 0 Å². The van der Waals surface area contributed by atoms with Gasteiger partial charge in [-0.2, -0.15) is 0 Å². The number of benzene rings is 1. The molecule has 1 rings (SSSR count). The van der Waals surface area contributed by atoms with Gasteiger partial charge >= 0.3 is 5.97 Å². The van der Waals surface area contributed by atoms with Gasteiger partial charge in [-0.25, -0.2) is 4.79 Å². The highest BCUT2D eigenvalue weighted by atomic mass is 16.5. The molecule has 0 unspecified atom stereocenters. The quantitative estimate of drug-likeness (QED) is 0.338. The van der Waals surface area contributed by atoms with Gasteiger partial charge in [-0.1, -0.05) is 24.8 Å². The van der Waals surface area contributed by atoms with E-state index in [9.17, 15) is 4.79 Å². The molecule has 3 nitrogen and oxygen atoms in total. The minimum atomic E-state index is -0.389. The summed E-state index contributed by atoms with van der Waals surface area (Å²) in [6, 6.07) is 8.79. The SMILES string of the molecule is C#CC[NH2+]CC(=C)OC(=O)c1ccccc1. The molecule has 0 saturated carbocycles. The lowest BCUT2D eigenvalue weighted by molar-refractivity contribution is -0.639. The van der Waals surface area contributed by atoms with Crippen LogP contribution in [0.15, 0.2) is 42.7 Å². The summed E-state index contributed by atoms with van der Waals surface area (Å²) in [5.41, 5.74) is 0.514. The lowest BCUT2D eigenvalue weighted by atomic mass is 10.2. The molecule has 0 aromatic heterocycles. The monoisotopic (exact) mass is 216 g/mol. The summed E-state index contributed by atoms with van der Waals surface area (Å²) in [5, 5.41) is 1.83. The van der Waals surface area contributed by atoms with Gasteiger partial charge in [0.05, 0.1) is 5.56 Å². The Hall–Kier alpha value is -2.05. The second-order valence-corrected chi connectivity index (χ2v) is 3.20. The van der Waals surface area contributed by atoms with Crippen LogP contribution in [-0.4, -0.2) is 19.1 Å². The van der Waals surface area contributed by atoms with Gasteiger partial charge in [0.15, 0.2) is 5.76 Å². The van der Waals surface area contributed by atoms with Gasteiger partial charge in [0.2, 0.25) is 0 Å². The van der Waals surface area contributed by atoms with Crippen LogP contribution in [0.25, 0.3) is 0 Å². The molecule has 3 heteroatoms. The van der Waals surface area contributed by atoms with Crippen molar-refractivity contribution in [1.82, 2.24) is 0 Å². The number of carbonyl (C=O) groups excluding carboxylic acids is 1. The molecule has 82 valence electrons. The molecular formula is C13H14NO2+. The molecule has 0 heterocycles. The van der Waals surface area contributed by atoms with Gasteiger partial charge in [0, 0.05) is 0 Å². The van der Waals surface area contributed by atoms with Gasteiger partial charge in [0.25, 0.3) is 0 Å². The summed E-state index contributed by atoms with van der Waals surface area (Å²) in [7, 11) is 0. The molecule has 0 amide bonds. The van der Waals surface area contributed by atoms with Crippen molar-refractivity contribution in [3.05, 3.63) is 48.2 Å². The van der Waals surface area contributed by atoms with E-state index in [1.54, 1.807) is 24.3 Å². The van der Waals surface area contributed by atoms with Gasteiger partial charge in [-0.3, -0.25) is 0 Å². The third kappa shape index (κ3) is 3.99. The fraction of sp³-hybridized carbons (Fsp3) is 0.154. The first-order chi connectivity index (χ1) is 7.74. The Bertz CT molecular complexity index is 404. The van der Waals surface area contributed by atoms with E-state index < -0.39 is 0 Å². The summed E-state index contributed by atoms with van der Waals surface area (Å²) in [5.74, 6) is 2.49. The van der Waals surface area contributed by atoms with Crippen LogP contribution in [0.3, 0.4) is 0 Å². The minimum absolute atomic E-state index is 0.389. The molecule has 0 atom stereocenters. The number of quaternary nitrogens is 1. The zero-order chi connectivity index (χ0) is 11.8. The van der Waals surface area contributed by atoms with E-state index in [1.165, 1.54) is 0 Å². The number of hydrogen-bond donors (Lipinski definition) is 1. The van der Waals surface area contributed by atoms with Gasteiger partial charge in [-0.05, 0) is 18.1 Å². The van der Waals surface area contributed by atoms with Crippen molar-refractivity contribution in [2.45, 2.75) is 0 Å². The third-order valence-electron chi connectivity index (χ3n) is 1.88. The Kier molecular flexibility index (Phi) is 4.84. The molecule has 0 saturated heterocycles. The minimum Gasteiger partial charge on any atom is -0.422 e. The highest BCUT2D eigenvalue weighted by molar-refractivity contribution is 5.89. The first kappa shape index (κ1) is 12.0. The van der Waals surface area contributed by atoms with E-state index in [0.29, 0.717) is 24.4 Å². The average molecular weight is 216 g/mol. The van der Waals surface area contributed by atoms with E-state index in [1.807, 2.05) is 11.4 Å². The maximum atomic E-state index is 11.6. The van der Waals surface area contributed by atoms with Crippen molar-refractivity contribution < 1.29 is 14.8 Å². The number of rotatable bonds is 5. The highest BCUT2D eigenvalue weighted by Gasteiger charge is 2.08. The summed E-state index contributed by atoms with van der Waals surface area (Å²) < 4.78 is 5.05. The molecule has 1 aromatic carbocycles. The predicted octanol–water partition coefficient (Wildman–Crippen LogP) is 0.554. The first-order valence-electron chi connectivity index (χ1n) is 4.94. The van der Waals surface area contributed by atoms with Crippen LogP contribution in [0.4, 0.5) is 0 Å². The smallest absolute Gasteiger partial charge is 0.343 e. The molecule has 0 radical (unpaired) electrons. The maximum Gasteiger partial charge on any atom is 0.343 e. The standard InChI is InChI=1S/C13H13NO2/c1-3-9-14-10-11(2)16-13(15)12-7-5-4-6-8-12/h1,4-8,14H,2,9-10H2/p+1. The number of nitrogens with two attached hydrogens (primary N) is 1. The summed E-state index contributed by atoms with van der Waals surface area (Å²) in [6.45, 7) is 4.68. The second-order valence-electron chi connectivity index (χ2n) is 3.20. The van der Waals surface area contributed by atoms with Crippen LogP contribution in [0.1, 0.15) is 10.4 Å². The van der Waals surface area contributed by atoms with Crippen molar-refractivity contribution in [3.8, 4) is 12.3 Å². The van der Waals surface area contributed by atoms with Crippen molar-refractivity contribution in [3.63, 3.8) is 0 Å². The first-order valence-corrected chi connectivity index (χ1v) is 4.94. The highest BCUT2D eigenvalue weighted by Crippen LogP contribution is 2.03. The van der Waals surface area contributed by atoms with Crippen LogP contribution in [0, 0.1) is 12.3 Å². The van der Waals surface area contributed by atoms with Crippen LogP contribution in [-0.2, 0) is 4.74 Å². The average Bonchev–Trinajstić information content (AvgIpc) is 2.30. The van der Waals surface area contributed by atoms with Crippen LogP contribution >= 0.6 is 0 Å². The fourth-order valence-electron chi connectivity index (χ4n) is 1.12. The Labute approximate surface area is 95.1 Å². The number of terminal acetylenes is 1. The van der Waals surface area contributed by atoms with Gasteiger partial charge < -0.3 is 10.1 Å². The van der Waals surface area contributed by atoms with E-state index in [-0.39, 0.29) is 5.97 Å². The number of carbonyl (C=O) groups is 1. The van der Waals surface area contributed by atoms with E-state index in [0.717, 1.165) is 0 Å². The third-order valence-corrected chi connectivity index (χ3v) is 1.88. The number of hydrogen-bond acceptors (Lipinski definition) is 2. The van der Waals surface area contributed by atoms with Crippen molar-refractivity contribution in [2.75, 3.05) is 13.1 Å². The molecule has 0 aliphatic carbocycles. The van der Waals surface area contributed by atoms with E-state index in [2.05, 4.69) is 12.5 Å². The van der Waals surface area contributed by atoms with Crippen molar-refractivity contribution >= 4 is 5.97 Å². The fourth-order valence-corrected chi connectivity index (χ4v) is 1.12. The van der Waals surface area contributed by atoms with Crippen molar-refractivity contribution in [1.29, 1.82) is 0 Å². The molecule has 0 bridgehead atoms. The zero-order valence-corrected chi connectivity index (χ0v) is 8.98. The largest absolute Gasteiger partial charge is 0.422 e. The lowest BCUT2D eigenvalue weighted by Gasteiger charge is -2.05. The van der Waals surface area contributed by atoms with E-state index >= 15 is 0 Å². The summed E-state index contributed by atoms with van der Waals surface area (Å²) in [6.07, 6.45) is 5.09. The second kappa shape index (κ2) is 6.44. The van der Waals surface area contributed by atoms with Crippen LogP contribution < -0.4 is 5.32 Å². The molecule has 16 heavy (non-hydrogen) atoms. The molecule has 0 fully saturated rings. The molecule has 2 N–H and O–H groups in total. The van der Waals surface area contributed by atoms with E-state index in [4.69, 9.17) is 11.2 Å². The van der Waals surface area contributed by atoms with Crippen LogP contribution in [0.5, 0.6) is 0 Å². The lowest BCUT2D eigenvalue weighted by Crippen LogP contribution is -2.84. The molecule has 1 aromatic rings. The summed E-state index contributed by atoms with van der Waals surface area (Å²) in [4.78, 5) is 11.6. The number of ether oxygens (including phenoxy) is 1. The molecule has 0 aliphatic rings. The van der Waals surface area contributed by atoms with Gasteiger partial charge in [-0.15, -0.1) is 6.42 Å². The Morgan fingerprint density at radius 1 is 1.44 bits per heavy atom. The molecule has 0 aliphatic heterocycles. The Morgan fingerprint density at radius 2 is 2.12 bits per heavy atom. The molecule has 0 spiro atoms. The van der Waals surface area contributed by atoms with Gasteiger partial charge in [0.1, 0.15) is 13.1 Å².